The van der Waals surface area contributed by atoms with Crippen molar-refractivity contribution in [1.29, 1.82) is 0 Å². The van der Waals surface area contributed by atoms with Gasteiger partial charge < -0.3 is 20.5 Å². The Labute approximate surface area is 81.1 Å². The Bertz CT molecular complexity index is 329. The van der Waals surface area contributed by atoms with Gasteiger partial charge in [0.05, 0.1) is 6.61 Å². The van der Waals surface area contributed by atoms with Gasteiger partial charge in [-0.05, 0) is 11.5 Å². The summed E-state index contributed by atoms with van der Waals surface area (Å²) in [5.74, 6) is 0. The van der Waals surface area contributed by atoms with Gasteiger partial charge in [-0.3, -0.25) is 4.79 Å². The molecule has 0 bridgehead atoms. The van der Waals surface area contributed by atoms with Crippen LogP contribution in [-0.2, 0) is 11.4 Å². The van der Waals surface area contributed by atoms with Crippen LogP contribution in [-0.4, -0.2) is 28.7 Å². The summed E-state index contributed by atoms with van der Waals surface area (Å²) in [5.41, 5.74) is 1.15. The number of carbonyl (C=O) groups excluding carboxylic acids is 1. The molecule has 1 amide bonds. The van der Waals surface area contributed by atoms with Crippen molar-refractivity contribution in [3.05, 3.63) is 23.8 Å². The maximum absolute atomic E-state index is 10.2. The molecule has 1 aromatic carbocycles. The average Bonchev–Trinajstić information content (AvgIpc) is 2.18. The molecule has 74 valence electrons. The molecular formula is C8H10BNO4. The van der Waals surface area contributed by atoms with Crippen LogP contribution >= 0.6 is 0 Å². The lowest BCUT2D eigenvalue weighted by Gasteiger charge is -2.07. The number of hydrogen-bond donors (Lipinski definition) is 4. The third-order valence-electron chi connectivity index (χ3n) is 1.81. The van der Waals surface area contributed by atoms with Crippen LogP contribution in [0.1, 0.15) is 5.56 Å². The van der Waals surface area contributed by atoms with E-state index in [1.54, 1.807) is 0 Å². The fraction of sp³-hybridized carbons (Fsp3) is 0.125. The van der Waals surface area contributed by atoms with Crippen molar-refractivity contribution in [3.8, 4) is 0 Å². The lowest BCUT2D eigenvalue weighted by molar-refractivity contribution is -0.105. The highest BCUT2D eigenvalue weighted by molar-refractivity contribution is 6.58. The minimum atomic E-state index is -1.58. The number of benzene rings is 1. The lowest BCUT2D eigenvalue weighted by Crippen LogP contribution is -2.30. The van der Waals surface area contributed by atoms with E-state index in [4.69, 9.17) is 15.2 Å². The molecule has 0 aliphatic carbocycles. The summed E-state index contributed by atoms with van der Waals surface area (Å²) in [4.78, 5) is 10.2. The van der Waals surface area contributed by atoms with Crippen LogP contribution in [0.2, 0.25) is 0 Å². The molecule has 0 saturated carbocycles. The van der Waals surface area contributed by atoms with Crippen LogP contribution in [0.15, 0.2) is 18.2 Å². The zero-order valence-electron chi connectivity index (χ0n) is 7.34. The molecule has 0 radical (unpaired) electrons. The van der Waals surface area contributed by atoms with Crippen molar-refractivity contribution in [3.63, 3.8) is 0 Å². The number of amides is 1. The third-order valence-corrected chi connectivity index (χ3v) is 1.81. The minimum absolute atomic E-state index is 0.269. The molecule has 0 heterocycles. The van der Waals surface area contributed by atoms with Crippen LogP contribution in [0, 0.1) is 0 Å². The Kier molecular flexibility index (Phi) is 3.64. The van der Waals surface area contributed by atoms with Gasteiger partial charge in [0.25, 0.3) is 0 Å². The van der Waals surface area contributed by atoms with Crippen LogP contribution in [0.4, 0.5) is 5.69 Å². The van der Waals surface area contributed by atoms with Gasteiger partial charge in [-0.25, -0.2) is 0 Å². The summed E-state index contributed by atoms with van der Waals surface area (Å²) in [6, 6.07) is 4.36. The quantitative estimate of drug-likeness (QED) is 0.345. The number of nitrogens with one attached hydrogen (secondary N) is 1. The summed E-state index contributed by atoms with van der Waals surface area (Å²) in [6.07, 6.45) is 0.490. The van der Waals surface area contributed by atoms with E-state index in [-0.39, 0.29) is 12.1 Å². The van der Waals surface area contributed by atoms with Gasteiger partial charge in [-0.15, -0.1) is 0 Å². The molecular weight excluding hydrogens is 185 g/mol. The van der Waals surface area contributed by atoms with Crippen molar-refractivity contribution in [2.45, 2.75) is 6.61 Å². The number of aliphatic hydroxyl groups excluding tert-OH is 1. The predicted octanol–water partition coefficient (Wildman–Crippen LogP) is -1.57. The number of rotatable bonds is 4. The van der Waals surface area contributed by atoms with Gasteiger partial charge in [-0.1, -0.05) is 12.1 Å². The van der Waals surface area contributed by atoms with Gasteiger partial charge >= 0.3 is 7.12 Å². The first-order chi connectivity index (χ1) is 6.69. The Morgan fingerprint density at radius 3 is 2.64 bits per heavy atom. The van der Waals surface area contributed by atoms with E-state index in [1.807, 2.05) is 0 Å². The summed E-state index contributed by atoms with van der Waals surface area (Å²) in [5, 5.41) is 29.0. The van der Waals surface area contributed by atoms with E-state index < -0.39 is 7.12 Å². The molecule has 4 N–H and O–H groups in total. The van der Waals surface area contributed by atoms with Gasteiger partial charge in [0.15, 0.2) is 0 Å². The molecule has 0 aliphatic rings. The second-order valence-corrected chi connectivity index (χ2v) is 2.71. The fourth-order valence-corrected chi connectivity index (χ4v) is 1.11. The topological polar surface area (TPSA) is 89.8 Å². The molecule has 0 spiro atoms. The highest BCUT2D eigenvalue weighted by Gasteiger charge is 2.12. The molecule has 5 nitrogen and oxygen atoms in total. The Hall–Kier alpha value is -1.37. The van der Waals surface area contributed by atoms with Crippen molar-refractivity contribution < 1.29 is 19.9 Å². The van der Waals surface area contributed by atoms with Gasteiger partial charge in [-0.2, -0.15) is 0 Å². The monoisotopic (exact) mass is 195 g/mol. The Morgan fingerprint density at radius 2 is 2.14 bits per heavy atom. The molecule has 0 fully saturated rings. The van der Waals surface area contributed by atoms with E-state index in [9.17, 15) is 4.79 Å². The second kappa shape index (κ2) is 4.76. The highest BCUT2D eigenvalue weighted by Crippen LogP contribution is 2.12. The van der Waals surface area contributed by atoms with E-state index in [0.29, 0.717) is 17.7 Å². The van der Waals surface area contributed by atoms with Crippen molar-refractivity contribution in [2.75, 3.05) is 5.32 Å². The van der Waals surface area contributed by atoms with Gasteiger partial charge in [0.1, 0.15) is 0 Å². The summed E-state index contributed by atoms with van der Waals surface area (Å²) < 4.78 is 0. The standard InChI is InChI=1S/C8H10BNO4/c11-4-6-3-7(9(13)14)1-2-8(6)10-5-12/h1-3,5,11,13-14H,4H2,(H,10,12). The number of carbonyl (C=O) groups is 1. The molecule has 14 heavy (non-hydrogen) atoms. The molecule has 0 unspecified atom stereocenters. The molecule has 1 aromatic rings. The smallest absolute Gasteiger partial charge is 0.423 e. The molecule has 0 aliphatic heterocycles. The predicted molar refractivity (Wildman–Crippen MR) is 51.9 cm³/mol. The zero-order valence-corrected chi connectivity index (χ0v) is 7.34. The fourth-order valence-electron chi connectivity index (χ4n) is 1.11. The molecule has 0 atom stereocenters. The van der Waals surface area contributed by atoms with Crippen molar-refractivity contribution >= 4 is 24.7 Å². The number of aliphatic hydroxyl groups is 1. The molecule has 0 saturated heterocycles. The Balaban J connectivity index is 3.04. The SMILES string of the molecule is O=CNc1ccc(B(O)O)cc1CO. The average molecular weight is 195 g/mol. The van der Waals surface area contributed by atoms with Crippen molar-refractivity contribution in [2.24, 2.45) is 0 Å². The largest absolute Gasteiger partial charge is 0.488 e. The normalized spacial score (nSPS) is 9.64. The number of hydrogen-bond acceptors (Lipinski definition) is 4. The first kappa shape index (κ1) is 10.7. The maximum Gasteiger partial charge on any atom is 0.488 e. The Morgan fingerprint density at radius 1 is 1.43 bits per heavy atom. The van der Waals surface area contributed by atoms with E-state index >= 15 is 0 Å². The van der Waals surface area contributed by atoms with E-state index in [1.165, 1.54) is 18.2 Å². The summed E-state index contributed by atoms with van der Waals surface area (Å²) >= 11 is 0. The summed E-state index contributed by atoms with van der Waals surface area (Å²) in [6.45, 7) is -0.281. The number of anilines is 1. The lowest BCUT2D eigenvalue weighted by atomic mass is 9.79. The molecule has 1 rings (SSSR count). The van der Waals surface area contributed by atoms with E-state index in [2.05, 4.69) is 5.32 Å². The van der Waals surface area contributed by atoms with Gasteiger partial charge in [0.2, 0.25) is 6.41 Å². The summed E-state index contributed by atoms with van der Waals surface area (Å²) in [7, 11) is -1.58. The van der Waals surface area contributed by atoms with Crippen molar-refractivity contribution in [1.82, 2.24) is 0 Å². The van der Waals surface area contributed by atoms with Crippen LogP contribution in [0.3, 0.4) is 0 Å². The van der Waals surface area contributed by atoms with Gasteiger partial charge in [0, 0.05) is 11.3 Å². The first-order valence-electron chi connectivity index (χ1n) is 3.99. The molecule has 6 heteroatoms. The van der Waals surface area contributed by atoms with Crippen LogP contribution < -0.4 is 10.8 Å². The second-order valence-electron chi connectivity index (χ2n) is 2.71. The third kappa shape index (κ3) is 2.32. The molecule has 0 aromatic heterocycles. The van der Waals surface area contributed by atoms with Crippen LogP contribution in [0.25, 0.3) is 0 Å². The minimum Gasteiger partial charge on any atom is -0.423 e. The van der Waals surface area contributed by atoms with Crippen LogP contribution in [0.5, 0.6) is 0 Å². The van der Waals surface area contributed by atoms with E-state index in [0.717, 1.165) is 0 Å². The maximum atomic E-state index is 10.2. The highest BCUT2D eigenvalue weighted by atomic mass is 16.4. The zero-order chi connectivity index (χ0) is 10.6. The first-order valence-corrected chi connectivity index (χ1v) is 3.99.